The summed E-state index contributed by atoms with van der Waals surface area (Å²) in [5.74, 6) is -0.0747. The van der Waals surface area contributed by atoms with E-state index in [1.165, 1.54) is 0 Å². The van der Waals surface area contributed by atoms with Gasteiger partial charge in [-0.2, -0.15) is 0 Å². The Balaban J connectivity index is 2.67. The number of carboxylic acid groups (broad SMARTS) is 1. The Morgan fingerprint density at radius 3 is 2.67 bits per heavy atom. The van der Waals surface area contributed by atoms with Crippen molar-refractivity contribution in [3.8, 4) is 0 Å². The number of benzene rings is 1. The molecule has 5 nitrogen and oxygen atoms in total. The van der Waals surface area contributed by atoms with Crippen LogP contribution in [0.15, 0.2) is 18.2 Å². The monoisotopic (exact) mass is 290 g/mol. The fourth-order valence-electron chi connectivity index (χ4n) is 2.47. The van der Waals surface area contributed by atoms with Gasteiger partial charge in [0.15, 0.2) is 0 Å². The van der Waals surface area contributed by atoms with E-state index >= 15 is 0 Å². The van der Waals surface area contributed by atoms with Crippen LogP contribution in [-0.2, 0) is 13.0 Å². The smallest absolute Gasteiger partial charge is 0.337 e. The van der Waals surface area contributed by atoms with E-state index in [0.717, 1.165) is 18.7 Å². The molecule has 1 aromatic carbocycles. The molecule has 1 heterocycles. The number of hydrogen-bond acceptors (Lipinski definition) is 3. The Bertz CT molecular complexity index is 659. The Morgan fingerprint density at radius 1 is 1.38 bits per heavy atom. The number of aromatic carboxylic acids is 1. The van der Waals surface area contributed by atoms with Crippen molar-refractivity contribution in [2.75, 3.05) is 6.61 Å². The van der Waals surface area contributed by atoms with Gasteiger partial charge >= 0.3 is 5.97 Å². The molecule has 114 valence electrons. The van der Waals surface area contributed by atoms with Crippen molar-refractivity contribution in [3.63, 3.8) is 0 Å². The van der Waals surface area contributed by atoms with E-state index in [9.17, 15) is 15.0 Å². The molecular formula is C16H22N2O3. The summed E-state index contributed by atoms with van der Waals surface area (Å²) in [7, 11) is 0. The van der Waals surface area contributed by atoms with Crippen molar-refractivity contribution in [1.29, 1.82) is 0 Å². The van der Waals surface area contributed by atoms with Gasteiger partial charge in [-0.3, -0.25) is 0 Å². The Hall–Kier alpha value is -1.88. The van der Waals surface area contributed by atoms with Crippen molar-refractivity contribution < 1.29 is 15.0 Å². The fourth-order valence-corrected chi connectivity index (χ4v) is 2.47. The van der Waals surface area contributed by atoms with Crippen LogP contribution in [0.2, 0.25) is 0 Å². The number of hydrogen-bond donors (Lipinski definition) is 2. The highest BCUT2D eigenvalue weighted by atomic mass is 16.4. The van der Waals surface area contributed by atoms with Gasteiger partial charge in [0.2, 0.25) is 0 Å². The van der Waals surface area contributed by atoms with E-state index in [-0.39, 0.29) is 17.6 Å². The minimum absolute atomic E-state index is 0.0352. The van der Waals surface area contributed by atoms with Crippen molar-refractivity contribution in [1.82, 2.24) is 9.55 Å². The quantitative estimate of drug-likeness (QED) is 0.857. The molecule has 0 unspecified atom stereocenters. The molecular weight excluding hydrogens is 268 g/mol. The number of fused-ring (bicyclic) bond motifs is 1. The van der Waals surface area contributed by atoms with Crippen LogP contribution in [0.1, 0.15) is 43.4 Å². The third-order valence-corrected chi connectivity index (χ3v) is 3.56. The van der Waals surface area contributed by atoms with Crippen LogP contribution >= 0.6 is 0 Å². The molecule has 0 spiro atoms. The third-order valence-electron chi connectivity index (χ3n) is 3.56. The summed E-state index contributed by atoms with van der Waals surface area (Å²) >= 11 is 0. The van der Waals surface area contributed by atoms with Gasteiger partial charge in [-0.1, -0.05) is 26.8 Å². The molecule has 2 N–H and O–H groups in total. The molecule has 0 amide bonds. The van der Waals surface area contributed by atoms with E-state index in [2.05, 4.69) is 11.9 Å². The summed E-state index contributed by atoms with van der Waals surface area (Å²) in [6, 6.07) is 5.16. The van der Waals surface area contributed by atoms with Crippen LogP contribution < -0.4 is 0 Å². The van der Waals surface area contributed by atoms with Gasteiger partial charge in [-0.25, -0.2) is 9.78 Å². The van der Waals surface area contributed by atoms with E-state index in [1.807, 2.05) is 24.5 Å². The molecule has 0 saturated carbocycles. The number of carbonyl (C=O) groups is 1. The highest BCUT2D eigenvalue weighted by Gasteiger charge is 2.23. The third kappa shape index (κ3) is 3.08. The molecule has 0 fully saturated rings. The Labute approximate surface area is 124 Å². The summed E-state index contributed by atoms with van der Waals surface area (Å²) in [5.41, 5.74) is 1.28. The average Bonchev–Trinajstić information content (AvgIpc) is 2.76. The average molecular weight is 290 g/mol. The van der Waals surface area contributed by atoms with Gasteiger partial charge in [-0.15, -0.1) is 0 Å². The summed E-state index contributed by atoms with van der Waals surface area (Å²) in [6.45, 7) is 6.56. The molecule has 5 heteroatoms. The van der Waals surface area contributed by atoms with Crippen LogP contribution in [-0.4, -0.2) is 32.3 Å². The lowest BCUT2D eigenvalue weighted by atomic mass is 9.94. The zero-order valence-corrected chi connectivity index (χ0v) is 12.8. The predicted octanol–water partition coefficient (Wildman–Crippen LogP) is 2.71. The largest absolute Gasteiger partial charge is 0.478 e. The van der Waals surface area contributed by atoms with Crippen LogP contribution in [0.25, 0.3) is 11.0 Å². The highest BCUT2D eigenvalue weighted by molar-refractivity contribution is 6.01. The minimum Gasteiger partial charge on any atom is -0.478 e. The SMILES string of the molecule is CCCc1nc2cccc(C(=O)O)c2n1CC(C)(C)CO. The number of aromatic nitrogens is 2. The number of aryl methyl sites for hydroxylation is 1. The second-order valence-electron chi connectivity index (χ2n) is 6.16. The number of carboxylic acids is 1. The van der Waals surface area contributed by atoms with Gasteiger partial charge in [0.25, 0.3) is 0 Å². The first-order valence-electron chi connectivity index (χ1n) is 7.22. The van der Waals surface area contributed by atoms with E-state index < -0.39 is 5.97 Å². The summed E-state index contributed by atoms with van der Waals surface area (Å²) < 4.78 is 1.96. The summed E-state index contributed by atoms with van der Waals surface area (Å²) in [4.78, 5) is 16.1. The number of aliphatic hydroxyl groups is 1. The molecule has 0 bridgehead atoms. The molecule has 0 aliphatic carbocycles. The Morgan fingerprint density at radius 2 is 2.10 bits per heavy atom. The number of aliphatic hydroxyl groups excluding tert-OH is 1. The van der Waals surface area contributed by atoms with Crippen molar-refractivity contribution >= 4 is 17.0 Å². The highest BCUT2D eigenvalue weighted by Crippen LogP contribution is 2.26. The number of nitrogens with zero attached hydrogens (tertiary/aromatic N) is 2. The topological polar surface area (TPSA) is 75.3 Å². The lowest BCUT2D eigenvalue weighted by Gasteiger charge is -2.24. The first-order valence-corrected chi connectivity index (χ1v) is 7.22. The molecule has 0 aliphatic rings. The second kappa shape index (κ2) is 5.85. The standard InChI is InChI=1S/C16H22N2O3/c1-4-6-13-17-12-8-5-7-11(15(20)21)14(12)18(13)9-16(2,3)10-19/h5,7-8,19H,4,6,9-10H2,1-3H3,(H,20,21). The van der Waals surface area contributed by atoms with Gasteiger partial charge in [0, 0.05) is 25.0 Å². The molecule has 2 rings (SSSR count). The minimum atomic E-state index is -0.952. The molecule has 0 atom stereocenters. The van der Waals surface area contributed by atoms with Crippen molar-refractivity contribution in [3.05, 3.63) is 29.6 Å². The van der Waals surface area contributed by atoms with Gasteiger partial charge < -0.3 is 14.8 Å². The lowest BCUT2D eigenvalue weighted by Crippen LogP contribution is -2.25. The van der Waals surface area contributed by atoms with Crippen LogP contribution in [0.4, 0.5) is 0 Å². The first-order chi connectivity index (χ1) is 9.89. The fraction of sp³-hybridized carbons (Fsp3) is 0.500. The second-order valence-corrected chi connectivity index (χ2v) is 6.16. The van der Waals surface area contributed by atoms with Crippen LogP contribution in [0, 0.1) is 5.41 Å². The first kappa shape index (κ1) is 15.5. The maximum atomic E-state index is 11.5. The number of imidazole rings is 1. The zero-order chi connectivity index (χ0) is 15.6. The van der Waals surface area contributed by atoms with Crippen LogP contribution in [0.3, 0.4) is 0 Å². The zero-order valence-electron chi connectivity index (χ0n) is 12.8. The van der Waals surface area contributed by atoms with Gasteiger partial charge in [-0.05, 0) is 18.6 Å². The lowest BCUT2D eigenvalue weighted by molar-refractivity contribution is 0.0698. The molecule has 0 aliphatic heterocycles. The van der Waals surface area contributed by atoms with E-state index in [1.54, 1.807) is 12.1 Å². The van der Waals surface area contributed by atoms with Crippen molar-refractivity contribution in [2.45, 2.75) is 40.2 Å². The summed E-state index contributed by atoms with van der Waals surface area (Å²) in [6.07, 6.45) is 1.72. The molecule has 0 saturated heterocycles. The molecule has 21 heavy (non-hydrogen) atoms. The van der Waals surface area contributed by atoms with E-state index in [4.69, 9.17) is 0 Å². The van der Waals surface area contributed by atoms with Gasteiger partial charge in [0.05, 0.1) is 16.6 Å². The van der Waals surface area contributed by atoms with E-state index in [0.29, 0.717) is 17.6 Å². The van der Waals surface area contributed by atoms with Crippen LogP contribution in [0.5, 0.6) is 0 Å². The normalized spacial score (nSPS) is 12.0. The van der Waals surface area contributed by atoms with Gasteiger partial charge in [0.1, 0.15) is 5.82 Å². The van der Waals surface area contributed by atoms with Crippen molar-refractivity contribution in [2.24, 2.45) is 5.41 Å². The number of rotatable bonds is 6. The predicted molar refractivity (Wildman–Crippen MR) is 81.6 cm³/mol. The molecule has 1 aromatic heterocycles. The molecule has 2 aromatic rings. The summed E-state index contributed by atoms with van der Waals surface area (Å²) in [5, 5.41) is 18.9. The molecule has 0 radical (unpaired) electrons. The number of para-hydroxylation sites is 1. The maximum Gasteiger partial charge on any atom is 0.337 e. The maximum absolute atomic E-state index is 11.5. The Kier molecular flexibility index (Phi) is 4.32.